The van der Waals surface area contributed by atoms with E-state index < -0.39 is 0 Å². The number of carbonyl (C=O) groups is 1. The molecule has 0 radical (unpaired) electrons. The van der Waals surface area contributed by atoms with Gasteiger partial charge in [-0.25, -0.2) is 0 Å². The molecule has 19 heavy (non-hydrogen) atoms. The van der Waals surface area contributed by atoms with Crippen molar-refractivity contribution in [1.82, 2.24) is 5.32 Å². The van der Waals surface area contributed by atoms with Gasteiger partial charge < -0.3 is 5.32 Å². The first-order chi connectivity index (χ1) is 8.90. The molecule has 0 aromatic heterocycles. The van der Waals surface area contributed by atoms with Crippen LogP contribution in [0.1, 0.15) is 62.3 Å². The molecular formula is C17H25NO. The maximum absolute atomic E-state index is 12.4. The molecule has 1 N–H and O–H groups in total. The van der Waals surface area contributed by atoms with Crippen LogP contribution in [-0.4, -0.2) is 5.91 Å². The Morgan fingerprint density at radius 2 is 1.68 bits per heavy atom. The summed E-state index contributed by atoms with van der Waals surface area (Å²) in [4.78, 5) is 12.4. The summed E-state index contributed by atoms with van der Waals surface area (Å²) in [6.45, 7) is 8.38. The lowest BCUT2D eigenvalue weighted by Gasteiger charge is -2.25. The van der Waals surface area contributed by atoms with Gasteiger partial charge in [0.2, 0.25) is 5.91 Å². The molecule has 2 rings (SSSR count). The Labute approximate surface area is 116 Å². The van der Waals surface area contributed by atoms with Crippen LogP contribution < -0.4 is 5.32 Å². The number of benzene rings is 1. The van der Waals surface area contributed by atoms with Crippen LogP contribution in [0.15, 0.2) is 18.2 Å². The smallest absolute Gasteiger partial charge is 0.226 e. The molecule has 1 aromatic rings. The summed E-state index contributed by atoms with van der Waals surface area (Å²) >= 11 is 0. The zero-order valence-corrected chi connectivity index (χ0v) is 12.5. The minimum absolute atomic E-state index is 0.0866. The summed E-state index contributed by atoms with van der Waals surface area (Å²) in [5.74, 6) is 0.219. The Morgan fingerprint density at radius 3 is 2.21 bits per heavy atom. The van der Waals surface area contributed by atoms with Gasteiger partial charge >= 0.3 is 0 Å². The maximum Gasteiger partial charge on any atom is 0.226 e. The Bertz CT molecular complexity index is 452. The minimum Gasteiger partial charge on any atom is -0.349 e. The third-order valence-electron chi connectivity index (χ3n) is 4.35. The average Bonchev–Trinajstić information content (AvgIpc) is 2.76. The monoisotopic (exact) mass is 259 g/mol. The largest absolute Gasteiger partial charge is 0.349 e. The number of rotatable bonds is 3. The standard InChI is InChI=1S/C17H25NO/c1-12-9-13(2)11-15(10-12)14(3)18-16(19)17(4)7-5-6-8-17/h9-11,14H,5-8H2,1-4H3,(H,18,19). The van der Waals surface area contributed by atoms with E-state index in [1.54, 1.807) is 0 Å². The third kappa shape index (κ3) is 3.17. The SMILES string of the molecule is Cc1cc(C)cc(C(C)NC(=O)C2(C)CCCC2)c1. The first kappa shape index (κ1) is 14.1. The first-order valence-electron chi connectivity index (χ1n) is 7.30. The van der Waals surface area contributed by atoms with E-state index >= 15 is 0 Å². The highest BCUT2D eigenvalue weighted by atomic mass is 16.2. The van der Waals surface area contributed by atoms with Crippen molar-refractivity contribution in [1.29, 1.82) is 0 Å². The van der Waals surface area contributed by atoms with Gasteiger partial charge in [0.25, 0.3) is 0 Å². The van der Waals surface area contributed by atoms with Crippen LogP contribution in [0.25, 0.3) is 0 Å². The second-order valence-electron chi connectivity index (χ2n) is 6.38. The highest BCUT2D eigenvalue weighted by Crippen LogP contribution is 2.38. The molecule has 0 saturated heterocycles. The summed E-state index contributed by atoms with van der Waals surface area (Å²) in [6, 6.07) is 6.57. The van der Waals surface area contributed by atoms with Crippen molar-refractivity contribution in [3.05, 3.63) is 34.9 Å². The highest BCUT2D eigenvalue weighted by Gasteiger charge is 2.36. The fourth-order valence-electron chi connectivity index (χ4n) is 3.10. The molecule has 0 heterocycles. The quantitative estimate of drug-likeness (QED) is 0.871. The minimum atomic E-state index is -0.146. The summed E-state index contributed by atoms with van der Waals surface area (Å²) in [7, 11) is 0. The van der Waals surface area contributed by atoms with E-state index in [4.69, 9.17) is 0 Å². The molecule has 1 aromatic carbocycles. The normalized spacial score (nSPS) is 19.2. The number of hydrogen-bond donors (Lipinski definition) is 1. The van der Waals surface area contributed by atoms with E-state index in [1.807, 2.05) is 0 Å². The van der Waals surface area contributed by atoms with E-state index in [0.29, 0.717) is 0 Å². The summed E-state index contributed by atoms with van der Waals surface area (Å²) in [6.07, 6.45) is 4.42. The molecule has 1 fully saturated rings. The lowest BCUT2D eigenvalue weighted by Crippen LogP contribution is -2.38. The maximum atomic E-state index is 12.4. The van der Waals surface area contributed by atoms with Crippen LogP contribution >= 0.6 is 0 Å². The van der Waals surface area contributed by atoms with Crippen LogP contribution in [0, 0.1) is 19.3 Å². The zero-order chi connectivity index (χ0) is 14.0. The van der Waals surface area contributed by atoms with Crippen LogP contribution in [-0.2, 0) is 4.79 Å². The number of amides is 1. The summed E-state index contributed by atoms with van der Waals surface area (Å²) in [5, 5.41) is 3.19. The van der Waals surface area contributed by atoms with E-state index in [0.717, 1.165) is 12.8 Å². The second-order valence-corrected chi connectivity index (χ2v) is 6.38. The number of aryl methyl sites for hydroxylation is 2. The number of carbonyl (C=O) groups excluding carboxylic acids is 1. The predicted molar refractivity (Wildman–Crippen MR) is 79.0 cm³/mol. The topological polar surface area (TPSA) is 29.1 Å². The zero-order valence-electron chi connectivity index (χ0n) is 12.5. The van der Waals surface area contributed by atoms with Crippen LogP contribution in [0.5, 0.6) is 0 Å². The Morgan fingerprint density at radius 1 is 1.16 bits per heavy atom. The van der Waals surface area contributed by atoms with Crippen LogP contribution in [0.3, 0.4) is 0 Å². The molecule has 1 unspecified atom stereocenters. The van der Waals surface area contributed by atoms with Crippen molar-refractivity contribution in [2.45, 2.75) is 59.4 Å². The van der Waals surface area contributed by atoms with Crippen LogP contribution in [0.4, 0.5) is 0 Å². The highest BCUT2D eigenvalue weighted by molar-refractivity contribution is 5.82. The second kappa shape index (κ2) is 5.36. The van der Waals surface area contributed by atoms with Gasteiger partial charge in [0, 0.05) is 5.41 Å². The third-order valence-corrected chi connectivity index (χ3v) is 4.35. The van der Waals surface area contributed by atoms with Crippen molar-refractivity contribution in [2.75, 3.05) is 0 Å². The van der Waals surface area contributed by atoms with Crippen molar-refractivity contribution >= 4 is 5.91 Å². The molecule has 0 bridgehead atoms. The van der Waals surface area contributed by atoms with Crippen molar-refractivity contribution in [3.8, 4) is 0 Å². The van der Waals surface area contributed by atoms with Gasteiger partial charge in [-0.15, -0.1) is 0 Å². The molecule has 2 nitrogen and oxygen atoms in total. The van der Waals surface area contributed by atoms with E-state index in [9.17, 15) is 4.79 Å². The van der Waals surface area contributed by atoms with Gasteiger partial charge in [-0.05, 0) is 39.2 Å². The summed E-state index contributed by atoms with van der Waals surface area (Å²) < 4.78 is 0. The molecule has 2 heteroatoms. The fraction of sp³-hybridized carbons (Fsp3) is 0.588. The van der Waals surface area contributed by atoms with Gasteiger partial charge in [-0.3, -0.25) is 4.79 Å². The van der Waals surface area contributed by atoms with Gasteiger partial charge in [0.05, 0.1) is 6.04 Å². The molecule has 1 amide bonds. The van der Waals surface area contributed by atoms with E-state index in [-0.39, 0.29) is 17.4 Å². The lowest BCUT2D eigenvalue weighted by atomic mass is 9.87. The van der Waals surface area contributed by atoms with E-state index in [2.05, 4.69) is 51.2 Å². The molecule has 0 spiro atoms. The van der Waals surface area contributed by atoms with Gasteiger partial charge in [-0.2, -0.15) is 0 Å². The number of hydrogen-bond acceptors (Lipinski definition) is 1. The number of nitrogens with one attached hydrogen (secondary N) is 1. The lowest BCUT2D eigenvalue weighted by molar-refractivity contribution is -0.130. The molecule has 1 atom stereocenters. The van der Waals surface area contributed by atoms with Crippen molar-refractivity contribution in [3.63, 3.8) is 0 Å². The van der Waals surface area contributed by atoms with Gasteiger partial charge in [-0.1, -0.05) is 49.1 Å². The molecule has 1 aliphatic carbocycles. The Hall–Kier alpha value is -1.31. The van der Waals surface area contributed by atoms with Crippen molar-refractivity contribution < 1.29 is 4.79 Å². The fourth-order valence-corrected chi connectivity index (χ4v) is 3.10. The molecule has 0 aliphatic heterocycles. The first-order valence-corrected chi connectivity index (χ1v) is 7.30. The molecule has 104 valence electrons. The van der Waals surface area contributed by atoms with Crippen LogP contribution in [0.2, 0.25) is 0 Å². The Balaban J connectivity index is 2.08. The van der Waals surface area contributed by atoms with Gasteiger partial charge in [0.1, 0.15) is 0 Å². The molecule has 1 aliphatic rings. The average molecular weight is 259 g/mol. The van der Waals surface area contributed by atoms with Crippen molar-refractivity contribution in [2.24, 2.45) is 5.41 Å². The van der Waals surface area contributed by atoms with Gasteiger partial charge in [0.15, 0.2) is 0 Å². The molecular weight excluding hydrogens is 234 g/mol. The summed E-state index contributed by atoms with van der Waals surface area (Å²) in [5.41, 5.74) is 3.56. The Kier molecular flexibility index (Phi) is 3.98. The predicted octanol–water partition coefficient (Wildman–Crippen LogP) is 4.06. The van der Waals surface area contributed by atoms with E-state index in [1.165, 1.54) is 29.5 Å². The molecule has 1 saturated carbocycles.